The predicted molar refractivity (Wildman–Crippen MR) is 412 cm³/mol. The van der Waals surface area contributed by atoms with E-state index in [9.17, 15) is 9.59 Å². The SMILES string of the molecule is C(=C\c1ccc2ccccc2n1)/c1ccccc1.C1CCOC1.CCOCC.CO.CO.COC(C)=O.COC(C)=O.Cl.Cl.c1ccc(CCc2ccc3ccccc3n2)cc1.c1ccc(CCc2ccc3ccccc3n2)cc1.c1ccc(CCc2ccc3ccccc3n2)cc1. The quantitative estimate of drug-likeness (QED) is 0.105. The second kappa shape index (κ2) is 53.6. The van der Waals surface area contributed by atoms with Crippen LogP contribution in [-0.2, 0) is 67.1 Å². The number of hydrogen-bond donors (Lipinski definition) is 2. The van der Waals surface area contributed by atoms with Crippen molar-refractivity contribution < 1.29 is 38.7 Å². The molecule has 12 nitrogen and oxygen atoms in total. The molecule has 8 aromatic carbocycles. The molecule has 1 saturated heterocycles. The summed E-state index contributed by atoms with van der Waals surface area (Å²) in [5, 5.41) is 18.8. The third-order valence-electron chi connectivity index (χ3n) is 14.2. The maximum atomic E-state index is 9.59. The van der Waals surface area contributed by atoms with Crippen molar-refractivity contribution in [3.63, 3.8) is 0 Å². The molecule has 5 heterocycles. The summed E-state index contributed by atoms with van der Waals surface area (Å²) in [6.07, 6.45) is 12.8. The van der Waals surface area contributed by atoms with Crippen LogP contribution in [-0.4, -0.2) is 97.0 Å². The van der Waals surface area contributed by atoms with E-state index in [-0.39, 0.29) is 36.8 Å². The highest BCUT2D eigenvalue weighted by atomic mass is 35.5. The van der Waals surface area contributed by atoms with Crippen LogP contribution in [0.5, 0.6) is 0 Å². The fourth-order valence-corrected chi connectivity index (χ4v) is 9.13. The summed E-state index contributed by atoms with van der Waals surface area (Å²) in [4.78, 5) is 37.9. The number of hydrogen-bond acceptors (Lipinski definition) is 12. The van der Waals surface area contributed by atoms with Gasteiger partial charge in [-0.3, -0.25) is 24.5 Å². The number of methoxy groups -OCH3 is 2. The van der Waals surface area contributed by atoms with Gasteiger partial charge in [0.05, 0.1) is 42.0 Å². The van der Waals surface area contributed by atoms with E-state index in [1.807, 2.05) is 98.8 Å². The summed E-state index contributed by atoms with van der Waals surface area (Å²) >= 11 is 0. The van der Waals surface area contributed by atoms with E-state index in [0.29, 0.717) is 0 Å². The Labute approximate surface area is 593 Å². The van der Waals surface area contributed by atoms with E-state index in [1.54, 1.807) is 0 Å². The smallest absolute Gasteiger partial charge is 0.302 e. The van der Waals surface area contributed by atoms with Gasteiger partial charge >= 0.3 is 11.9 Å². The van der Waals surface area contributed by atoms with Crippen LogP contribution in [0.4, 0.5) is 0 Å². The zero-order chi connectivity index (χ0) is 69.1. The maximum Gasteiger partial charge on any atom is 0.302 e. The van der Waals surface area contributed by atoms with Gasteiger partial charge in [0.1, 0.15) is 0 Å². The first-order valence-corrected chi connectivity index (χ1v) is 32.5. The fraction of sp³-hybridized carbons (Fsp3) is 0.238. The third kappa shape index (κ3) is 35.5. The van der Waals surface area contributed by atoms with Crippen molar-refractivity contribution in [3.8, 4) is 0 Å². The molecule has 4 aromatic heterocycles. The minimum absolute atomic E-state index is 0. The first kappa shape index (κ1) is 84.6. The Hall–Kier alpha value is -9.50. The van der Waals surface area contributed by atoms with Crippen LogP contribution in [0.1, 0.15) is 85.6 Å². The number of carbonyl (C=O) groups excluding carboxylic acids is 2. The van der Waals surface area contributed by atoms with Crippen molar-refractivity contribution in [2.24, 2.45) is 0 Å². The second-order valence-electron chi connectivity index (χ2n) is 21.1. The normalized spacial score (nSPS) is 10.4. The number of aliphatic hydroxyl groups is 2. The van der Waals surface area contributed by atoms with Crippen molar-refractivity contribution in [3.05, 3.63) is 312 Å². The highest BCUT2D eigenvalue weighted by Gasteiger charge is 2.03. The molecule has 1 aliphatic heterocycles. The van der Waals surface area contributed by atoms with Gasteiger partial charge in [-0.05, 0) is 142 Å². The zero-order valence-corrected chi connectivity index (χ0v) is 59.6. The number of rotatable bonds is 13. The van der Waals surface area contributed by atoms with Gasteiger partial charge in [0, 0.05) is 93.1 Å². The number of aromatic nitrogens is 4. The summed E-state index contributed by atoms with van der Waals surface area (Å²) in [6, 6.07) is 91.9. The van der Waals surface area contributed by atoms with Crippen LogP contribution in [0.15, 0.2) is 267 Å². The van der Waals surface area contributed by atoms with Gasteiger partial charge in [-0.15, -0.1) is 24.8 Å². The Morgan fingerprint density at radius 1 is 0.367 bits per heavy atom. The maximum absolute atomic E-state index is 9.59. The lowest BCUT2D eigenvalue weighted by molar-refractivity contribution is -0.138. The number of nitrogens with zero attached hydrogens (tertiary/aromatic N) is 4. The van der Waals surface area contributed by atoms with Crippen LogP contribution in [0.2, 0.25) is 0 Å². The molecule has 0 atom stereocenters. The summed E-state index contributed by atoms with van der Waals surface area (Å²) in [5.41, 5.74) is 14.1. The molecule has 1 fully saturated rings. The molecular formula is C84H98Cl2N4O8. The molecule has 14 heteroatoms. The van der Waals surface area contributed by atoms with Crippen LogP contribution >= 0.6 is 24.8 Å². The molecule has 0 saturated carbocycles. The monoisotopic (exact) mass is 1360 g/mol. The van der Waals surface area contributed by atoms with E-state index in [0.717, 1.165) is 124 Å². The summed E-state index contributed by atoms with van der Waals surface area (Å²) < 4.78 is 18.0. The first-order chi connectivity index (χ1) is 47.1. The number of halogens is 2. The van der Waals surface area contributed by atoms with E-state index in [1.165, 1.54) is 84.7 Å². The molecule has 0 unspecified atom stereocenters. The number of ether oxygens (including phenoxy) is 4. The van der Waals surface area contributed by atoms with E-state index in [2.05, 4.69) is 209 Å². The first-order valence-electron chi connectivity index (χ1n) is 32.5. The van der Waals surface area contributed by atoms with Crippen molar-refractivity contribution in [2.75, 3.05) is 54.9 Å². The molecule has 0 bridgehead atoms. The van der Waals surface area contributed by atoms with E-state index < -0.39 is 0 Å². The Morgan fingerprint density at radius 3 is 0.918 bits per heavy atom. The molecular weight excluding hydrogens is 1260 g/mol. The van der Waals surface area contributed by atoms with Crippen LogP contribution in [0.3, 0.4) is 0 Å². The molecule has 516 valence electrons. The minimum atomic E-state index is -0.245. The standard InChI is InChI=1S/3C17H15N.C17H13N.C4H8O.C4H10O.2C3H6O2.2CH4O.2ClH/c4*1-2-6-14(7-3-1)10-12-16-13-11-15-8-4-5-9-17(15)18-16;1-2-4-5-3-1;1-3-5-4-2;2*1-3(4)5-2;2*1-2;;/h3*1-9,11,13H,10,12H2;1-13H;1-4H2;3-4H2,1-2H3;2*1-2H3;2*2H,1H3;2*1H/b;;;12-10+;;;;;;;;. The van der Waals surface area contributed by atoms with Crippen LogP contribution in [0.25, 0.3) is 55.8 Å². The third-order valence-corrected chi connectivity index (χ3v) is 14.2. The molecule has 13 rings (SSSR count). The Morgan fingerprint density at radius 2 is 0.643 bits per heavy atom. The van der Waals surface area contributed by atoms with E-state index >= 15 is 0 Å². The van der Waals surface area contributed by atoms with Gasteiger partial charge in [0.25, 0.3) is 0 Å². The Kier molecular flexibility index (Phi) is 46.3. The highest BCUT2D eigenvalue weighted by Crippen LogP contribution is 2.18. The van der Waals surface area contributed by atoms with Crippen molar-refractivity contribution in [1.29, 1.82) is 0 Å². The largest absolute Gasteiger partial charge is 0.469 e. The van der Waals surface area contributed by atoms with Crippen molar-refractivity contribution in [2.45, 2.75) is 79.1 Å². The van der Waals surface area contributed by atoms with Gasteiger partial charge in [0.2, 0.25) is 0 Å². The highest BCUT2D eigenvalue weighted by molar-refractivity contribution is 5.86. The molecule has 0 amide bonds. The molecule has 1 aliphatic rings. The van der Waals surface area contributed by atoms with Gasteiger partial charge < -0.3 is 29.2 Å². The molecule has 0 spiro atoms. The molecule has 0 radical (unpaired) electrons. The van der Waals surface area contributed by atoms with Crippen LogP contribution in [0, 0.1) is 0 Å². The van der Waals surface area contributed by atoms with Crippen molar-refractivity contribution in [1.82, 2.24) is 19.9 Å². The summed E-state index contributed by atoms with van der Waals surface area (Å²) in [5.74, 6) is -0.491. The zero-order valence-electron chi connectivity index (χ0n) is 58.0. The number of carbonyl (C=O) groups is 2. The number of pyridine rings is 4. The number of fused-ring (bicyclic) bond motifs is 4. The number of para-hydroxylation sites is 4. The summed E-state index contributed by atoms with van der Waals surface area (Å²) in [6.45, 7) is 10.4. The Bertz CT molecular complexity index is 3730. The van der Waals surface area contributed by atoms with Crippen LogP contribution < -0.4 is 0 Å². The lowest BCUT2D eigenvalue weighted by atomic mass is 10.1. The number of esters is 2. The minimum Gasteiger partial charge on any atom is -0.469 e. The lowest BCUT2D eigenvalue weighted by Gasteiger charge is -2.03. The lowest BCUT2D eigenvalue weighted by Crippen LogP contribution is -1.94. The van der Waals surface area contributed by atoms with Crippen molar-refractivity contribution >= 4 is 92.5 Å². The molecule has 98 heavy (non-hydrogen) atoms. The molecule has 12 aromatic rings. The summed E-state index contributed by atoms with van der Waals surface area (Å²) in [7, 11) is 4.70. The molecule has 0 aliphatic carbocycles. The second-order valence-corrected chi connectivity index (χ2v) is 21.1. The topological polar surface area (TPSA) is 163 Å². The van der Waals surface area contributed by atoms with E-state index in [4.69, 9.17) is 34.6 Å². The number of aryl methyl sites for hydroxylation is 6. The number of benzene rings is 8. The molecule has 2 N–H and O–H groups in total. The van der Waals surface area contributed by atoms with Gasteiger partial charge in [-0.2, -0.15) is 0 Å². The number of aliphatic hydroxyl groups excluding tert-OH is 2. The Balaban J connectivity index is 0.000000397. The van der Waals surface area contributed by atoms with Gasteiger partial charge in [-0.1, -0.05) is 224 Å². The van der Waals surface area contributed by atoms with Gasteiger partial charge in [-0.25, -0.2) is 4.98 Å². The average Bonchev–Trinajstić information content (AvgIpc) is 0.937. The fourth-order valence-electron chi connectivity index (χ4n) is 9.13. The van der Waals surface area contributed by atoms with Gasteiger partial charge in [0.15, 0.2) is 0 Å². The average molecular weight is 1360 g/mol. The predicted octanol–water partition coefficient (Wildman–Crippen LogP) is 18.7.